The fourth-order valence-electron chi connectivity index (χ4n) is 4.53. The van der Waals surface area contributed by atoms with Crippen molar-refractivity contribution < 1.29 is 0 Å². The molecule has 0 saturated carbocycles. The molecule has 0 saturated heterocycles. The van der Waals surface area contributed by atoms with Crippen LogP contribution in [0.4, 0.5) is 5.69 Å². The Morgan fingerprint density at radius 3 is 2.25 bits per heavy atom. The fourth-order valence-corrected chi connectivity index (χ4v) is 6.86. The number of aromatic amines is 1. The smallest absolute Gasteiger partial charge is 0.196 e. The van der Waals surface area contributed by atoms with Gasteiger partial charge in [-0.25, -0.2) is 0 Å². The number of benzene rings is 5. The molecule has 5 aromatic carbocycles. The first-order valence-electron chi connectivity index (χ1n) is 11.2. The fraction of sp³-hybridized carbons (Fsp3) is 0.0714. The second-order valence-electron chi connectivity index (χ2n) is 8.67. The van der Waals surface area contributed by atoms with Crippen molar-refractivity contribution in [3.8, 4) is 0 Å². The summed E-state index contributed by atoms with van der Waals surface area (Å²) in [5.41, 5.74) is 12.8. The molecule has 8 heteroatoms. The van der Waals surface area contributed by atoms with E-state index in [1.807, 2.05) is 50.2 Å². The van der Waals surface area contributed by atoms with E-state index in [2.05, 4.69) is 21.1 Å². The molecule has 0 unspecified atom stereocenters. The third-order valence-corrected chi connectivity index (χ3v) is 8.66. The number of aromatic nitrogens is 1. The van der Waals surface area contributed by atoms with Gasteiger partial charge in [0, 0.05) is 30.9 Å². The monoisotopic (exact) mass is 506 g/mol. The summed E-state index contributed by atoms with van der Waals surface area (Å²) < 4.78 is 1.76. The SMILES string of the molecule is Cc1ccc(Sc2c(N=[N+]=[N-])c3c(=O)c4ccccc4c(=O)c3c3[nH]c4ccc(C)cc4sc23)cc1. The zero-order valence-corrected chi connectivity index (χ0v) is 21.0. The van der Waals surface area contributed by atoms with Crippen molar-refractivity contribution in [1.82, 2.24) is 4.98 Å². The molecular formula is C28H18N4O2S2. The molecule has 0 aliphatic rings. The lowest BCUT2D eigenvalue weighted by Gasteiger charge is -2.15. The van der Waals surface area contributed by atoms with Crippen LogP contribution in [0.2, 0.25) is 0 Å². The molecule has 0 aliphatic carbocycles. The van der Waals surface area contributed by atoms with E-state index in [-0.39, 0.29) is 27.3 Å². The van der Waals surface area contributed by atoms with Crippen molar-refractivity contribution in [1.29, 1.82) is 0 Å². The number of H-pyrrole nitrogens is 1. The molecule has 6 rings (SSSR count). The average molecular weight is 507 g/mol. The maximum Gasteiger partial charge on any atom is 0.196 e. The first-order chi connectivity index (χ1) is 17.5. The molecular weight excluding hydrogens is 488 g/mol. The summed E-state index contributed by atoms with van der Waals surface area (Å²) in [5.74, 6) is 0. The maximum atomic E-state index is 13.8. The highest BCUT2D eigenvalue weighted by Crippen LogP contribution is 2.47. The van der Waals surface area contributed by atoms with Crippen LogP contribution >= 0.6 is 23.1 Å². The zero-order valence-electron chi connectivity index (χ0n) is 19.3. The van der Waals surface area contributed by atoms with Crippen molar-refractivity contribution in [2.45, 2.75) is 23.6 Å². The van der Waals surface area contributed by atoms with Gasteiger partial charge in [-0.05, 0) is 49.2 Å². The van der Waals surface area contributed by atoms with Crippen LogP contribution in [0.5, 0.6) is 0 Å². The third-order valence-electron chi connectivity index (χ3n) is 6.25. The number of azide groups is 1. The van der Waals surface area contributed by atoms with Crippen molar-refractivity contribution in [2.24, 2.45) is 5.11 Å². The lowest BCUT2D eigenvalue weighted by Crippen LogP contribution is -2.14. The minimum absolute atomic E-state index is 0.147. The van der Waals surface area contributed by atoms with Crippen LogP contribution in [-0.2, 0) is 0 Å². The summed E-state index contributed by atoms with van der Waals surface area (Å²) in [6.07, 6.45) is 0. The van der Waals surface area contributed by atoms with Crippen LogP contribution in [0.25, 0.3) is 52.4 Å². The van der Waals surface area contributed by atoms with Crippen LogP contribution in [0, 0.1) is 13.8 Å². The van der Waals surface area contributed by atoms with Crippen LogP contribution < -0.4 is 10.9 Å². The van der Waals surface area contributed by atoms with Gasteiger partial charge < -0.3 is 4.98 Å². The highest BCUT2D eigenvalue weighted by atomic mass is 32.2. The van der Waals surface area contributed by atoms with E-state index in [4.69, 9.17) is 0 Å². The number of nitrogens with zero attached hydrogens (tertiary/aromatic N) is 3. The van der Waals surface area contributed by atoms with Crippen LogP contribution in [-0.4, -0.2) is 4.98 Å². The van der Waals surface area contributed by atoms with E-state index in [0.29, 0.717) is 21.2 Å². The van der Waals surface area contributed by atoms with Gasteiger partial charge in [0.2, 0.25) is 0 Å². The van der Waals surface area contributed by atoms with E-state index < -0.39 is 0 Å². The highest BCUT2D eigenvalue weighted by molar-refractivity contribution is 8.00. The third kappa shape index (κ3) is 3.46. The molecule has 1 N–H and O–H groups in total. The number of rotatable bonds is 3. The summed E-state index contributed by atoms with van der Waals surface area (Å²) in [5, 5.41) is 5.08. The summed E-state index contributed by atoms with van der Waals surface area (Å²) in [6.45, 7) is 4.04. The molecule has 0 aliphatic heterocycles. The van der Waals surface area contributed by atoms with Crippen LogP contribution in [0.3, 0.4) is 0 Å². The maximum absolute atomic E-state index is 13.8. The molecule has 6 aromatic rings. The summed E-state index contributed by atoms with van der Waals surface area (Å²) in [7, 11) is 0. The van der Waals surface area contributed by atoms with E-state index >= 15 is 0 Å². The second kappa shape index (κ2) is 8.53. The molecule has 0 atom stereocenters. The van der Waals surface area contributed by atoms with Gasteiger partial charge in [-0.2, -0.15) is 0 Å². The Morgan fingerprint density at radius 1 is 0.889 bits per heavy atom. The average Bonchev–Trinajstić information content (AvgIpc) is 2.88. The topological polar surface area (TPSA) is 98.7 Å². The molecule has 0 spiro atoms. The molecule has 0 bridgehead atoms. The molecule has 6 nitrogen and oxygen atoms in total. The van der Waals surface area contributed by atoms with E-state index in [1.54, 1.807) is 24.3 Å². The van der Waals surface area contributed by atoms with Gasteiger partial charge in [0.1, 0.15) is 0 Å². The lowest BCUT2D eigenvalue weighted by atomic mass is 10.00. The molecule has 174 valence electrons. The van der Waals surface area contributed by atoms with Crippen molar-refractivity contribution in [3.05, 3.63) is 109 Å². The Hall–Kier alpha value is -4.10. The van der Waals surface area contributed by atoms with Gasteiger partial charge in [-0.3, -0.25) is 9.59 Å². The standard InChI is InChI=1S/C28H18N4O2S2/c1-14-7-10-16(11-8-14)35-28-24(31-32-29)22-21(25(33)17-5-3-4-6-18(17)26(22)34)23-27(28)36-20-13-15(2)9-12-19(20)30-23/h3-13,30H,1-2H3. The second-order valence-corrected chi connectivity index (χ2v) is 10.8. The van der Waals surface area contributed by atoms with Crippen LogP contribution in [0.1, 0.15) is 11.1 Å². The largest absolute Gasteiger partial charge is 0.353 e. The first kappa shape index (κ1) is 22.4. The normalized spacial score (nSPS) is 11.4. The Kier molecular flexibility index (Phi) is 5.30. The van der Waals surface area contributed by atoms with Gasteiger partial charge in [-0.1, -0.05) is 64.9 Å². The summed E-state index contributed by atoms with van der Waals surface area (Å²) in [6, 6.07) is 20.8. The van der Waals surface area contributed by atoms with E-state index in [0.717, 1.165) is 30.9 Å². The molecule has 0 radical (unpaired) electrons. The van der Waals surface area contributed by atoms with Gasteiger partial charge in [-0.15, -0.1) is 11.3 Å². The van der Waals surface area contributed by atoms with E-state index in [9.17, 15) is 15.1 Å². The number of aryl methyl sites for hydroxylation is 2. The van der Waals surface area contributed by atoms with Crippen LogP contribution in [0.15, 0.2) is 91.2 Å². The van der Waals surface area contributed by atoms with Gasteiger partial charge >= 0.3 is 0 Å². The number of hydrogen-bond donors (Lipinski definition) is 1. The minimum Gasteiger partial charge on any atom is -0.353 e. The van der Waals surface area contributed by atoms with Gasteiger partial charge in [0.25, 0.3) is 0 Å². The summed E-state index contributed by atoms with van der Waals surface area (Å²) in [4.78, 5) is 35.7. The molecule has 1 aromatic heterocycles. The van der Waals surface area contributed by atoms with Gasteiger partial charge in [0.15, 0.2) is 10.9 Å². The van der Waals surface area contributed by atoms with Gasteiger partial charge in [0.05, 0.1) is 31.5 Å². The molecule has 36 heavy (non-hydrogen) atoms. The van der Waals surface area contributed by atoms with Crippen molar-refractivity contribution in [3.63, 3.8) is 0 Å². The molecule has 1 heterocycles. The molecule has 0 fully saturated rings. The minimum atomic E-state index is -0.322. The summed E-state index contributed by atoms with van der Waals surface area (Å²) >= 11 is 2.94. The van der Waals surface area contributed by atoms with E-state index in [1.165, 1.54) is 23.1 Å². The van der Waals surface area contributed by atoms with Crippen molar-refractivity contribution >= 4 is 70.8 Å². The highest BCUT2D eigenvalue weighted by Gasteiger charge is 2.23. The zero-order chi connectivity index (χ0) is 25.0. The predicted octanol–water partition coefficient (Wildman–Crippen LogP) is 8.12. The lowest BCUT2D eigenvalue weighted by molar-refractivity contribution is 1.36. The Bertz CT molecular complexity index is 2040. The quantitative estimate of drug-likeness (QED) is 0.0862. The Labute approximate surface area is 212 Å². The van der Waals surface area contributed by atoms with Crippen molar-refractivity contribution in [2.75, 3.05) is 0 Å². The number of nitrogens with one attached hydrogen (secondary N) is 1. The molecule has 0 amide bonds. The number of hydrogen-bond acceptors (Lipinski definition) is 5. The Balaban J connectivity index is 1.89. The number of fused-ring (bicyclic) bond motifs is 5. The Morgan fingerprint density at radius 2 is 1.56 bits per heavy atom. The first-order valence-corrected chi connectivity index (χ1v) is 12.9. The predicted molar refractivity (Wildman–Crippen MR) is 150 cm³/mol.